The summed E-state index contributed by atoms with van der Waals surface area (Å²) < 4.78 is 21.0. The van der Waals surface area contributed by atoms with Crippen molar-refractivity contribution >= 4 is 24.0 Å². The molecule has 16 heteroatoms. The standard InChI is InChI=1S/C38H50N8O8/c1-9-53-31(19-33(47)45(23(3)4)43-37(49)51-7)35-39-21-29(41-35)27-15-11-25(12-16-27)26-13-17-28(18-14-26)30-22-40-36(42-30)32(54-10-2)20-34(48)46(24(5)6)44-38(50)52-8/h11-18,21-24,31-32H,9-10,19-20H2,1-8H3,(H,39,41)(H,40,42)(H,43,49)(H,44,50). The fourth-order valence-corrected chi connectivity index (χ4v) is 5.61. The number of amides is 4. The largest absolute Gasteiger partial charge is 0.452 e. The van der Waals surface area contributed by atoms with Gasteiger partial charge in [-0.3, -0.25) is 9.59 Å². The van der Waals surface area contributed by atoms with E-state index in [0.29, 0.717) is 24.9 Å². The monoisotopic (exact) mass is 746 g/mol. The van der Waals surface area contributed by atoms with Crippen LogP contribution in [0.4, 0.5) is 9.59 Å². The normalized spacial score (nSPS) is 12.3. The number of hydrogen-bond donors (Lipinski definition) is 4. The molecule has 0 radical (unpaired) electrons. The van der Waals surface area contributed by atoms with E-state index in [0.717, 1.165) is 33.6 Å². The van der Waals surface area contributed by atoms with Crippen molar-refractivity contribution in [2.75, 3.05) is 27.4 Å². The predicted molar refractivity (Wildman–Crippen MR) is 200 cm³/mol. The second-order valence-corrected chi connectivity index (χ2v) is 12.7. The van der Waals surface area contributed by atoms with Crippen molar-refractivity contribution in [2.24, 2.45) is 0 Å². The van der Waals surface area contributed by atoms with E-state index in [4.69, 9.17) is 9.47 Å². The van der Waals surface area contributed by atoms with Gasteiger partial charge < -0.3 is 28.9 Å². The summed E-state index contributed by atoms with van der Waals surface area (Å²) in [6, 6.07) is 15.4. The topological polar surface area (TPSA) is 193 Å². The van der Waals surface area contributed by atoms with E-state index >= 15 is 0 Å². The highest BCUT2D eigenvalue weighted by atomic mass is 16.5. The second-order valence-electron chi connectivity index (χ2n) is 12.7. The highest BCUT2D eigenvalue weighted by Gasteiger charge is 2.28. The first-order valence-corrected chi connectivity index (χ1v) is 17.8. The van der Waals surface area contributed by atoms with Crippen molar-refractivity contribution in [3.8, 4) is 33.6 Å². The Bertz CT molecular complexity index is 1700. The fraction of sp³-hybridized carbons (Fsp3) is 0.421. The first-order valence-electron chi connectivity index (χ1n) is 17.8. The van der Waals surface area contributed by atoms with E-state index in [1.165, 1.54) is 24.2 Å². The number of rotatable bonds is 15. The van der Waals surface area contributed by atoms with Crippen molar-refractivity contribution in [1.82, 2.24) is 40.8 Å². The first kappa shape index (κ1) is 41.0. The molecule has 4 N–H and O–H groups in total. The SMILES string of the molecule is CCOC(CC(=O)N(NC(=O)OC)C(C)C)c1ncc(-c2ccc(-c3ccc(-c4cnc(C(CC(=O)N(NC(=O)OC)C(C)C)OCC)[nH]4)cc3)cc2)[nH]1. The number of hydrazine groups is 2. The van der Waals surface area contributed by atoms with E-state index < -0.39 is 24.4 Å². The van der Waals surface area contributed by atoms with Gasteiger partial charge in [0.25, 0.3) is 0 Å². The van der Waals surface area contributed by atoms with Crippen LogP contribution in [0.2, 0.25) is 0 Å². The number of imidazole rings is 2. The molecular formula is C38H50N8O8. The zero-order valence-electron chi connectivity index (χ0n) is 32.0. The van der Waals surface area contributed by atoms with E-state index in [1.54, 1.807) is 40.1 Å². The summed E-state index contributed by atoms with van der Waals surface area (Å²) >= 11 is 0. The maximum Gasteiger partial charge on any atom is 0.425 e. The smallest absolute Gasteiger partial charge is 0.425 e. The van der Waals surface area contributed by atoms with Crippen LogP contribution in [-0.4, -0.2) is 93.5 Å². The van der Waals surface area contributed by atoms with E-state index in [2.05, 4.69) is 40.3 Å². The number of aromatic amines is 2. The van der Waals surface area contributed by atoms with Gasteiger partial charge in [-0.05, 0) is 63.8 Å². The van der Waals surface area contributed by atoms with Crippen LogP contribution in [0.25, 0.3) is 33.6 Å². The molecule has 4 amide bonds. The van der Waals surface area contributed by atoms with Crippen LogP contribution in [0.3, 0.4) is 0 Å². The van der Waals surface area contributed by atoms with Gasteiger partial charge in [0.15, 0.2) is 0 Å². The van der Waals surface area contributed by atoms with Crippen molar-refractivity contribution in [2.45, 2.75) is 78.7 Å². The van der Waals surface area contributed by atoms with Crippen LogP contribution >= 0.6 is 0 Å². The fourth-order valence-electron chi connectivity index (χ4n) is 5.61. The quantitative estimate of drug-likeness (QED) is 0.104. The number of aromatic nitrogens is 4. The third kappa shape index (κ3) is 10.7. The maximum atomic E-state index is 13.1. The molecule has 290 valence electrons. The molecule has 0 bridgehead atoms. The number of benzene rings is 2. The summed E-state index contributed by atoms with van der Waals surface area (Å²) in [5, 5.41) is 2.44. The molecule has 4 aromatic rings. The lowest BCUT2D eigenvalue weighted by Gasteiger charge is -2.27. The molecule has 0 aliphatic rings. The third-order valence-corrected chi connectivity index (χ3v) is 8.35. The third-order valence-electron chi connectivity index (χ3n) is 8.35. The van der Waals surface area contributed by atoms with Crippen molar-refractivity contribution in [3.05, 3.63) is 72.6 Å². The molecule has 0 aliphatic heterocycles. The van der Waals surface area contributed by atoms with Gasteiger partial charge >= 0.3 is 12.2 Å². The lowest BCUT2D eigenvalue weighted by atomic mass is 10.0. The van der Waals surface area contributed by atoms with Crippen molar-refractivity contribution < 1.29 is 38.1 Å². The van der Waals surface area contributed by atoms with Gasteiger partial charge in [-0.25, -0.2) is 40.4 Å². The molecule has 2 unspecified atom stereocenters. The van der Waals surface area contributed by atoms with Crippen LogP contribution in [0.1, 0.15) is 78.2 Å². The van der Waals surface area contributed by atoms with Crippen LogP contribution in [0.5, 0.6) is 0 Å². The number of ether oxygens (including phenoxy) is 4. The highest BCUT2D eigenvalue weighted by molar-refractivity contribution is 5.81. The molecular weight excluding hydrogens is 696 g/mol. The molecule has 16 nitrogen and oxygen atoms in total. The summed E-state index contributed by atoms with van der Waals surface area (Å²) in [6.45, 7) is 11.5. The Morgan fingerprint density at radius 2 is 0.944 bits per heavy atom. The number of carbonyl (C=O) groups excluding carboxylic acids is 4. The Hall–Kier alpha value is -5.74. The number of hydrogen-bond acceptors (Lipinski definition) is 10. The summed E-state index contributed by atoms with van der Waals surface area (Å²) in [4.78, 5) is 65.4. The molecule has 0 saturated heterocycles. The summed E-state index contributed by atoms with van der Waals surface area (Å²) in [5.41, 5.74) is 10.2. The minimum Gasteiger partial charge on any atom is -0.452 e. The molecule has 54 heavy (non-hydrogen) atoms. The van der Waals surface area contributed by atoms with E-state index in [9.17, 15) is 19.2 Å². The lowest BCUT2D eigenvalue weighted by Crippen LogP contribution is -2.50. The molecule has 0 spiro atoms. The summed E-state index contributed by atoms with van der Waals surface area (Å²) in [6.07, 6.45) is 0.538. The van der Waals surface area contributed by atoms with Gasteiger partial charge in [0.1, 0.15) is 23.9 Å². The number of carbonyl (C=O) groups is 4. The van der Waals surface area contributed by atoms with Crippen LogP contribution in [-0.2, 0) is 28.5 Å². The van der Waals surface area contributed by atoms with Crippen LogP contribution in [0, 0.1) is 0 Å². The van der Waals surface area contributed by atoms with Crippen LogP contribution < -0.4 is 10.9 Å². The summed E-state index contributed by atoms with van der Waals surface area (Å²) in [7, 11) is 2.47. The molecule has 0 aliphatic carbocycles. The Morgan fingerprint density at radius 1 is 0.611 bits per heavy atom. The Kier molecular flexibility index (Phi) is 14.7. The van der Waals surface area contributed by atoms with Gasteiger partial charge in [0.05, 0.1) is 50.8 Å². The van der Waals surface area contributed by atoms with Crippen molar-refractivity contribution in [1.29, 1.82) is 0 Å². The van der Waals surface area contributed by atoms with Gasteiger partial charge in [-0.2, -0.15) is 0 Å². The Morgan fingerprint density at radius 3 is 1.24 bits per heavy atom. The lowest BCUT2D eigenvalue weighted by molar-refractivity contribution is -0.140. The maximum absolute atomic E-state index is 13.1. The average molecular weight is 747 g/mol. The predicted octanol–water partition coefficient (Wildman–Crippen LogP) is 6.09. The molecule has 0 saturated carbocycles. The number of H-pyrrole nitrogens is 2. The zero-order chi connectivity index (χ0) is 39.4. The average Bonchev–Trinajstić information content (AvgIpc) is 3.87. The number of nitrogens with one attached hydrogen (secondary N) is 4. The zero-order valence-corrected chi connectivity index (χ0v) is 32.0. The van der Waals surface area contributed by atoms with Gasteiger partial charge in [0, 0.05) is 25.3 Å². The van der Waals surface area contributed by atoms with Crippen LogP contribution in [0.15, 0.2) is 60.9 Å². The van der Waals surface area contributed by atoms with E-state index in [-0.39, 0.29) is 36.7 Å². The molecule has 2 aromatic carbocycles. The molecule has 2 aromatic heterocycles. The van der Waals surface area contributed by atoms with E-state index in [1.807, 2.05) is 62.4 Å². The second kappa shape index (κ2) is 19.4. The van der Waals surface area contributed by atoms with Crippen molar-refractivity contribution in [3.63, 3.8) is 0 Å². The Balaban J connectivity index is 1.43. The molecule has 2 heterocycles. The molecule has 0 fully saturated rings. The number of methoxy groups -OCH3 is 2. The first-order chi connectivity index (χ1) is 25.9. The molecule has 4 rings (SSSR count). The van der Waals surface area contributed by atoms with Gasteiger partial charge in [-0.1, -0.05) is 48.5 Å². The number of nitrogens with zero attached hydrogens (tertiary/aromatic N) is 4. The summed E-state index contributed by atoms with van der Waals surface area (Å²) in [5.74, 6) is 0.300. The van der Waals surface area contributed by atoms with Gasteiger partial charge in [0.2, 0.25) is 11.8 Å². The minimum atomic E-state index is -0.735. The highest BCUT2D eigenvalue weighted by Crippen LogP contribution is 2.29. The minimum absolute atomic E-state index is 0.0439. The van der Waals surface area contributed by atoms with Gasteiger partial charge in [-0.15, -0.1) is 0 Å². The molecule has 2 atom stereocenters. The Labute approximate surface area is 314 Å².